The number of amides is 1. The van der Waals surface area contributed by atoms with Crippen LogP contribution >= 0.6 is 0 Å². The molecule has 3 rings (SSSR count). The molecule has 130 valence electrons. The van der Waals surface area contributed by atoms with E-state index in [2.05, 4.69) is 10.1 Å². The average molecular weight is 340 g/mol. The summed E-state index contributed by atoms with van der Waals surface area (Å²) in [5, 5.41) is 5.12. The van der Waals surface area contributed by atoms with Crippen LogP contribution in [0.2, 0.25) is 0 Å². The average Bonchev–Trinajstić information content (AvgIpc) is 2.86. The van der Waals surface area contributed by atoms with Crippen molar-refractivity contribution in [3.63, 3.8) is 0 Å². The van der Waals surface area contributed by atoms with Crippen LogP contribution < -0.4 is 0 Å². The maximum atomic E-state index is 14.1. The van der Waals surface area contributed by atoms with Gasteiger partial charge in [-0.05, 0) is 32.9 Å². The molecule has 0 saturated heterocycles. The third-order valence-corrected chi connectivity index (χ3v) is 4.58. The first-order valence-electron chi connectivity index (χ1n) is 8.13. The van der Waals surface area contributed by atoms with Gasteiger partial charge in [-0.1, -0.05) is 18.2 Å². The van der Waals surface area contributed by atoms with Crippen molar-refractivity contribution < 1.29 is 9.18 Å². The second-order valence-corrected chi connectivity index (χ2v) is 6.33. The number of benzene rings is 1. The fraction of sp³-hybridized carbons (Fsp3) is 0.316. The number of aromatic nitrogens is 3. The van der Waals surface area contributed by atoms with Crippen LogP contribution in [0.25, 0.3) is 11.0 Å². The second kappa shape index (κ2) is 6.27. The van der Waals surface area contributed by atoms with Crippen LogP contribution in [0.1, 0.15) is 40.3 Å². The molecular weight excluding hydrogens is 319 g/mol. The van der Waals surface area contributed by atoms with Crippen LogP contribution in [0.3, 0.4) is 0 Å². The molecule has 0 N–H and O–H groups in total. The van der Waals surface area contributed by atoms with Gasteiger partial charge in [-0.3, -0.25) is 9.48 Å². The molecule has 5 nitrogen and oxygen atoms in total. The Balaban J connectivity index is 2.06. The van der Waals surface area contributed by atoms with Gasteiger partial charge in [0.2, 0.25) is 0 Å². The molecule has 1 atom stereocenters. The summed E-state index contributed by atoms with van der Waals surface area (Å²) in [4.78, 5) is 19.2. The third-order valence-electron chi connectivity index (χ3n) is 4.58. The van der Waals surface area contributed by atoms with E-state index in [9.17, 15) is 9.18 Å². The lowest BCUT2D eigenvalue weighted by molar-refractivity contribution is 0.0742. The van der Waals surface area contributed by atoms with E-state index in [-0.39, 0.29) is 11.7 Å². The monoisotopic (exact) mass is 340 g/mol. The zero-order valence-electron chi connectivity index (χ0n) is 15.0. The maximum absolute atomic E-state index is 14.1. The number of carbonyl (C=O) groups is 1. The van der Waals surface area contributed by atoms with Gasteiger partial charge < -0.3 is 4.90 Å². The molecule has 0 spiro atoms. The fourth-order valence-electron chi connectivity index (χ4n) is 3.13. The van der Waals surface area contributed by atoms with Gasteiger partial charge in [-0.2, -0.15) is 5.10 Å². The molecule has 0 bridgehead atoms. The lowest BCUT2D eigenvalue weighted by Gasteiger charge is -2.26. The highest BCUT2D eigenvalue weighted by molar-refractivity contribution is 6.06. The van der Waals surface area contributed by atoms with Crippen LogP contribution in [-0.4, -0.2) is 32.6 Å². The quantitative estimate of drug-likeness (QED) is 0.732. The molecule has 0 aliphatic carbocycles. The fourth-order valence-corrected chi connectivity index (χ4v) is 3.13. The van der Waals surface area contributed by atoms with Crippen molar-refractivity contribution in [2.75, 3.05) is 7.05 Å². The highest BCUT2D eigenvalue weighted by atomic mass is 19.1. The zero-order valence-corrected chi connectivity index (χ0v) is 15.0. The first-order valence-corrected chi connectivity index (χ1v) is 8.13. The number of hydrogen-bond acceptors (Lipinski definition) is 3. The van der Waals surface area contributed by atoms with E-state index in [1.807, 2.05) is 27.8 Å². The summed E-state index contributed by atoms with van der Waals surface area (Å²) in [7, 11) is 3.49. The van der Waals surface area contributed by atoms with Crippen LogP contribution in [0, 0.1) is 19.7 Å². The molecule has 6 heteroatoms. The van der Waals surface area contributed by atoms with Gasteiger partial charge in [-0.15, -0.1) is 0 Å². The smallest absolute Gasteiger partial charge is 0.254 e. The van der Waals surface area contributed by atoms with Gasteiger partial charge in [0.25, 0.3) is 5.91 Å². The Morgan fingerprint density at radius 1 is 1.28 bits per heavy atom. The Bertz CT molecular complexity index is 963. The molecule has 1 amide bonds. The SMILES string of the molecule is Cc1cc(C(=O)N(C)C(C)c2ccccc2F)c2c(C)nn(C)c2n1. The van der Waals surface area contributed by atoms with Gasteiger partial charge in [0.05, 0.1) is 22.7 Å². The molecule has 2 heterocycles. The van der Waals surface area contributed by atoms with Crippen LogP contribution in [0.4, 0.5) is 4.39 Å². The topological polar surface area (TPSA) is 51.0 Å². The summed E-state index contributed by atoms with van der Waals surface area (Å²) in [5.74, 6) is -0.495. The largest absolute Gasteiger partial charge is 0.335 e. The Morgan fingerprint density at radius 3 is 2.64 bits per heavy atom. The van der Waals surface area contributed by atoms with Crippen molar-refractivity contribution in [3.05, 3.63) is 58.7 Å². The van der Waals surface area contributed by atoms with Gasteiger partial charge in [0, 0.05) is 25.4 Å². The number of carbonyl (C=O) groups excluding carboxylic acids is 1. The minimum atomic E-state index is -0.394. The van der Waals surface area contributed by atoms with E-state index in [0.29, 0.717) is 16.8 Å². The van der Waals surface area contributed by atoms with Crippen LogP contribution in [0.15, 0.2) is 30.3 Å². The lowest BCUT2D eigenvalue weighted by atomic mass is 10.0. The first kappa shape index (κ1) is 17.1. The first-order chi connectivity index (χ1) is 11.8. The van der Waals surface area contributed by atoms with Crippen LogP contribution in [0.5, 0.6) is 0 Å². The van der Waals surface area contributed by atoms with Crippen molar-refractivity contribution >= 4 is 16.9 Å². The van der Waals surface area contributed by atoms with E-state index in [1.165, 1.54) is 6.07 Å². The molecule has 3 aromatic rings. The molecule has 0 radical (unpaired) electrons. The van der Waals surface area contributed by atoms with Gasteiger partial charge in [0.1, 0.15) is 5.82 Å². The van der Waals surface area contributed by atoms with Crippen molar-refractivity contribution in [1.29, 1.82) is 0 Å². The van der Waals surface area contributed by atoms with E-state index in [4.69, 9.17) is 0 Å². The standard InChI is InChI=1S/C19H21FN4O/c1-11-10-15(17-12(2)22-24(5)18(17)21-11)19(25)23(4)13(3)14-8-6-7-9-16(14)20/h6-10,13H,1-5H3. The highest BCUT2D eigenvalue weighted by Crippen LogP contribution is 2.27. The molecule has 0 saturated carbocycles. The molecule has 0 aliphatic heterocycles. The highest BCUT2D eigenvalue weighted by Gasteiger charge is 2.25. The number of hydrogen-bond donors (Lipinski definition) is 0. The normalized spacial score (nSPS) is 12.4. The van der Waals surface area contributed by atoms with E-state index < -0.39 is 6.04 Å². The number of aryl methyl sites for hydroxylation is 3. The summed E-state index contributed by atoms with van der Waals surface area (Å²) in [5.41, 5.74) is 3.20. The van der Waals surface area contributed by atoms with Gasteiger partial charge in [0.15, 0.2) is 5.65 Å². The minimum absolute atomic E-state index is 0.178. The maximum Gasteiger partial charge on any atom is 0.254 e. The summed E-state index contributed by atoms with van der Waals surface area (Å²) in [6, 6.07) is 7.89. The number of nitrogens with zero attached hydrogens (tertiary/aromatic N) is 4. The van der Waals surface area contributed by atoms with Crippen molar-refractivity contribution in [1.82, 2.24) is 19.7 Å². The van der Waals surface area contributed by atoms with Crippen LogP contribution in [-0.2, 0) is 7.05 Å². The molecular formula is C19H21FN4O. The second-order valence-electron chi connectivity index (χ2n) is 6.33. The summed E-state index contributed by atoms with van der Waals surface area (Å²) in [6.07, 6.45) is 0. The minimum Gasteiger partial charge on any atom is -0.335 e. The van der Waals surface area contributed by atoms with Crippen molar-refractivity contribution in [2.45, 2.75) is 26.8 Å². The van der Waals surface area contributed by atoms with E-state index in [1.54, 1.807) is 40.9 Å². The number of halogens is 1. The summed E-state index contributed by atoms with van der Waals surface area (Å²) < 4.78 is 15.8. The van der Waals surface area contributed by atoms with Crippen molar-refractivity contribution in [3.8, 4) is 0 Å². The Kier molecular flexibility index (Phi) is 4.29. The Morgan fingerprint density at radius 2 is 1.96 bits per heavy atom. The number of pyridine rings is 1. The molecule has 0 fully saturated rings. The Hall–Kier alpha value is -2.76. The summed E-state index contributed by atoms with van der Waals surface area (Å²) >= 11 is 0. The lowest BCUT2D eigenvalue weighted by Crippen LogP contribution is -2.30. The van der Waals surface area contributed by atoms with Crippen molar-refractivity contribution in [2.24, 2.45) is 7.05 Å². The van der Waals surface area contributed by atoms with E-state index >= 15 is 0 Å². The molecule has 25 heavy (non-hydrogen) atoms. The molecule has 2 aromatic heterocycles. The number of rotatable bonds is 3. The predicted octanol–water partition coefficient (Wildman–Crippen LogP) is 3.56. The molecule has 1 aromatic carbocycles. The third kappa shape index (κ3) is 2.88. The molecule has 1 unspecified atom stereocenters. The Labute approximate surface area is 146 Å². The zero-order chi connectivity index (χ0) is 18.3. The predicted molar refractivity (Wildman–Crippen MR) is 94.9 cm³/mol. The molecule has 0 aliphatic rings. The number of fused-ring (bicyclic) bond motifs is 1. The summed E-state index contributed by atoms with van der Waals surface area (Å²) in [6.45, 7) is 5.52. The van der Waals surface area contributed by atoms with E-state index in [0.717, 1.165) is 16.8 Å². The van der Waals surface area contributed by atoms with Gasteiger partial charge in [-0.25, -0.2) is 9.37 Å². The van der Waals surface area contributed by atoms with Gasteiger partial charge >= 0.3 is 0 Å².